The summed E-state index contributed by atoms with van der Waals surface area (Å²) in [7, 11) is 1.60. The number of fused-ring (bicyclic) bond motifs is 1. The second-order valence-electron chi connectivity index (χ2n) is 9.83. The van der Waals surface area contributed by atoms with E-state index >= 15 is 0 Å². The van der Waals surface area contributed by atoms with Gasteiger partial charge in [-0.3, -0.25) is 9.48 Å². The second-order valence-corrected chi connectivity index (χ2v) is 10.8. The second kappa shape index (κ2) is 13.5. The maximum Gasteiger partial charge on any atom is 0.416 e. The molecule has 0 spiro atoms. The third kappa shape index (κ3) is 8.18. The van der Waals surface area contributed by atoms with Gasteiger partial charge in [0.05, 0.1) is 34.7 Å². The third-order valence-corrected chi connectivity index (χ3v) is 7.80. The van der Waals surface area contributed by atoms with E-state index in [0.717, 1.165) is 43.0 Å². The number of thioether (sulfide) groups is 1. The van der Waals surface area contributed by atoms with Gasteiger partial charge >= 0.3 is 17.6 Å². The van der Waals surface area contributed by atoms with E-state index in [1.54, 1.807) is 25.3 Å². The van der Waals surface area contributed by atoms with E-state index in [1.165, 1.54) is 10.9 Å². The first-order valence-corrected chi connectivity index (χ1v) is 14.4. The van der Waals surface area contributed by atoms with Gasteiger partial charge in [0.15, 0.2) is 0 Å². The molecule has 3 aromatic rings. The molecule has 232 valence electrons. The number of alkyl halides is 6. The molecule has 1 amide bonds. The van der Waals surface area contributed by atoms with Gasteiger partial charge in [0, 0.05) is 38.3 Å². The van der Waals surface area contributed by atoms with Crippen LogP contribution >= 0.6 is 11.8 Å². The monoisotopic (exact) mass is 627 g/mol. The zero-order valence-electron chi connectivity index (χ0n) is 23.8. The van der Waals surface area contributed by atoms with Crippen molar-refractivity contribution in [2.45, 2.75) is 32.7 Å². The first-order chi connectivity index (χ1) is 20.3. The Bertz CT molecular complexity index is 1510. The summed E-state index contributed by atoms with van der Waals surface area (Å²) < 4.78 is 86.6. The highest BCUT2D eigenvalue weighted by Gasteiger charge is 2.38. The highest BCUT2D eigenvalue weighted by atomic mass is 32.2. The summed E-state index contributed by atoms with van der Waals surface area (Å²) in [6, 6.07) is 6.83. The van der Waals surface area contributed by atoms with Crippen LogP contribution in [0.2, 0.25) is 0 Å². The van der Waals surface area contributed by atoms with E-state index in [0.29, 0.717) is 47.4 Å². The molecule has 0 fully saturated rings. The SMILES string of the molecule is CCN(CC)CCN(CCOC)C1=NC(=O)S/C1=C\c1ccc2nn(Cc3ccc(C(F)(F)F)cc3C(F)(F)F)cc2c1. The minimum Gasteiger partial charge on any atom is -0.383 e. The van der Waals surface area contributed by atoms with Crippen molar-refractivity contribution in [2.75, 3.05) is 46.4 Å². The van der Waals surface area contributed by atoms with Crippen molar-refractivity contribution in [3.05, 3.63) is 69.8 Å². The molecular formula is C29H31F6N5O2S. The Kier molecular flexibility index (Phi) is 10.2. The molecule has 1 aromatic heterocycles. The van der Waals surface area contributed by atoms with Gasteiger partial charge in [-0.15, -0.1) is 0 Å². The van der Waals surface area contributed by atoms with Gasteiger partial charge in [0.1, 0.15) is 5.84 Å². The van der Waals surface area contributed by atoms with Gasteiger partial charge in [-0.05, 0) is 66.3 Å². The van der Waals surface area contributed by atoms with Crippen LogP contribution in [0.15, 0.2) is 52.5 Å². The lowest BCUT2D eigenvalue weighted by Crippen LogP contribution is -2.40. The summed E-state index contributed by atoms with van der Waals surface area (Å²) in [5.74, 6) is 0.553. The van der Waals surface area contributed by atoms with Crippen molar-refractivity contribution in [1.82, 2.24) is 19.6 Å². The lowest BCUT2D eigenvalue weighted by Gasteiger charge is -2.27. The number of nitrogens with zero attached hydrogens (tertiary/aromatic N) is 5. The maximum absolute atomic E-state index is 13.6. The molecule has 1 aliphatic heterocycles. The molecule has 7 nitrogen and oxygen atoms in total. The minimum absolute atomic E-state index is 0.125. The Morgan fingerprint density at radius 1 is 0.977 bits per heavy atom. The number of hydrogen-bond acceptors (Lipinski definition) is 6. The number of aromatic nitrogens is 2. The van der Waals surface area contributed by atoms with E-state index in [-0.39, 0.29) is 23.4 Å². The molecule has 2 aromatic carbocycles. The van der Waals surface area contributed by atoms with Gasteiger partial charge in [0.25, 0.3) is 0 Å². The van der Waals surface area contributed by atoms with Crippen molar-refractivity contribution in [2.24, 2.45) is 4.99 Å². The Balaban J connectivity index is 1.60. The molecule has 14 heteroatoms. The first kappa shape index (κ1) is 32.6. The smallest absolute Gasteiger partial charge is 0.383 e. The Morgan fingerprint density at radius 3 is 2.37 bits per heavy atom. The van der Waals surface area contributed by atoms with Crippen molar-refractivity contribution in [3.63, 3.8) is 0 Å². The summed E-state index contributed by atoms with van der Waals surface area (Å²) >= 11 is 1.01. The number of amidine groups is 1. The molecule has 0 radical (unpaired) electrons. The number of carbonyl (C=O) groups excluding carboxylic acids is 1. The minimum atomic E-state index is -4.97. The molecule has 0 saturated carbocycles. The summed E-state index contributed by atoms with van der Waals surface area (Å²) in [4.78, 5) is 21.6. The number of carbonyl (C=O) groups is 1. The standard InChI is InChI=1S/C29H31F6N5O2S/c1-4-38(5-2)10-11-39(12-13-42-3)26-25(43-27(41)36-26)15-19-6-9-24-21(14-19)18-40(37-24)17-20-7-8-22(28(30,31)32)16-23(20)29(33,34)35/h6-9,14-16,18H,4-5,10-13,17H2,1-3H3/b25-15-. The normalized spacial score (nSPS) is 15.3. The highest BCUT2D eigenvalue weighted by Crippen LogP contribution is 2.38. The van der Waals surface area contributed by atoms with Crippen molar-refractivity contribution in [1.29, 1.82) is 0 Å². The number of rotatable bonds is 11. The topological polar surface area (TPSA) is 63.0 Å². The largest absolute Gasteiger partial charge is 0.416 e. The summed E-state index contributed by atoms with van der Waals surface area (Å²) in [5.41, 5.74) is -1.85. The molecule has 0 bridgehead atoms. The lowest BCUT2D eigenvalue weighted by molar-refractivity contribution is -0.143. The summed E-state index contributed by atoms with van der Waals surface area (Å²) in [6.07, 6.45) is -6.52. The number of ether oxygens (including phenoxy) is 1. The summed E-state index contributed by atoms with van der Waals surface area (Å²) in [6.45, 7) is 7.98. The van der Waals surface area contributed by atoms with Crippen LogP contribution in [-0.4, -0.2) is 77.1 Å². The molecule has 1 aliphatic rings. The van der Waals surface area contributed by atoms with Gasteiger partial charge in [0.2, 0.25) is 0 Å². The number of methoxy groups -OCH3 is 1. The van der Waals surface area contributed by atoms with Crippen molar-refractivity contribution >= 4 is 39.8 Å². The van der Waals surface area contributed by atoms with Crippen LogP contribution in [0, 0.1) is 0 Å². The number of hydrogen-bond donors (Lipinski definition) is 0. The van der Waals surface area contributed by atoms with Crippen LogP contribution in [0.25, 0.3) is 17.0 Å². The molecule has 4 rings (SSSR count). The number of halogens is 6. The fourth-order valence-electron chi connectivity index (χ4n) is 4.70. The van der Waals surface area contributed by atoms with Crippen LogP contribution in [0.1, 0.15) is 36.1 Å². The number of benzene rings is 2. The van der Waals surface area contributed by atoms with Gasteiger partial charge < -0.3 is 14.5 Å². The van der Waals surface area contributed by atoms with Crippen LogP contribution in [0.3, 0.4) is 0 Å². The first-order valence-electron chi connectivity index (χ1n) is 13.6. The van der Waals surface area contributed by atoms with E-state index in [9.17, 15) is 31.1 Å². The average molecular weight is 628 g/mol. The Hall–Kier alpha value is -3.36. The predicted octanol–water partition coefficient (Wildman–Crippen LogP) is 7.02. The molecule has 2 heterocycles. The zero-order valence-corrected chi connectivity index (χ0v) is 24.6. The van der Waals surface area contributed by atoms with Crippen molar-refractivity contribution in [3.8, 4) is 0 Å². The van der Waals surface area contributed by atoms with Crippen LogP contribution in [0.5, 0.6) is 0 Å². The third-order valence-electron chi connectivity index (χ3n) is 7.01. The molecule has 0 N–H and O–H groups in total. The molecule has 43 heavy (non-hydrogen) atoms. The Labute approximate surface area is 249 Å². The molecule has 0 atom stereocenters. The van der Waals surface area contributed by atoms with Gasteiger partial charge in [-0.25, -0.2) is 0 Å². The number of aliphatic imine (C=N–C) groups is 1. The Morgan fingerprint density at radius 2 is 1.72 bits per heavy atom. The molecule has 0 unspecified atom stereocenters. The van der Waals surface area contributed by atoms with Crippen LogP contribution < -0.4 is 0 Å². The van der Waals surface area contributed by atoms with E-state index in [1.807, 2.05) is 11.0 Å². The molecule has 0 saturated heterocycles. The number of amides is 1. The quantitative estimate of drug-likeness (QED) is 0.213. The fourth-order valence-corrected chi connectivity index (χ4v) is 5.48. The molecular weight excluding hydrogens is 596 g/mol. The fraction of sp³-hybridized carbons (Fsp3) is 0.414. The summed E-state index contributed by atoms with van der Waals surface area (Å²) in [5, 5.41) is 4.59. The van der Waals surface area contributed by atoms with Crippen molar-refractivity contribution < 1.29 is 35.9 Å². The molecule has 0 aliphatic carbocycles. The van der Waals surface area contributed by atoms with Gasteiger partial charge in [-0.2, -0.15) is 36.4 Å². The number of likely N-dealkylation sites (N-methyl/N-ethyl adjacent to an activating group) is 1. The van der Waals surface area contributed by atoms with E-state index in [4.69, 9.17) is 4.74 Å². The van der Waals surface area contributed by atoms with E-state index in [2.05, 4.69) is 28.8 Å². The predicted molar refractivity (Wildman–Crippen MR) is 155 cm³/mol. The average Bonchev–Trinajstić information content (AvgIpc) is 3.51. The van der Waals surface area contributed by atoms with Crippen LogP contribution in [-0.2, 0) is 23.6 Å². The van der Waals surface area contributed by atoms with E-state index < -0.39 is 23.5 Å². The highest BCUT2D eigenvalue weighted by molar-refractivity contribution is 8.18. The lowest BCUT2D eigenvalue weighted by atomic mass is 10.0. The van der Waals surface area contributed by atoms with Crippen LogP contribution in [0.4, 0.5) is 31.1 Å². The maximum atomic E-state index is 13.6. The van der Waals surface area contributed by atoms with Gasteiger partial charge in [-0.1, -0.05) is 26.0 Å². The zero-order chi connectivity index (χ0) is 31.4.